The number of allylic oxidation sites excluding steroid dienone is 2. The van der Waals surface area contributed by atoms with Crippen LogP contribution in [0.3, 0.4) is 0 Å². The van der Waals surface area contributed by atoms with Crippen molar-refractivity contribution in [3.05, 3.63) is 163 Å². The summed E-state index contributed by atoms with van der Waals surface area (Å²) in [5.41, 5.74) is 7.95. The van der Waals surface area contributed by atoms with E-state index >= 15 is 0 Å². The summed E-state index contributed by atoms with van der Waals surface area (Å²) in [6, 6.07) is 46.8. The van der Waals surface area contributed by atoms with Crippen molar-refractivity contribution in [3.63, 3.8) is 0 Å². The van der Waals surface area contributed by atoms with Crippen molar-refractivity contribution in [2.24, 2.45) is 0 Å². The van der Waals surface area contributed by atoms with E-state index in [9.17, 15) is 0 Å². The van der Waals surface area contributed by atoms with Gasteiger partial charge in [0.15, 0.2) is 17.5 Å². The lowest BCUT2D eigenvalue weighted by atomic mass is 9.91. The molecular formula is C45H28N4OS. The number of benzene rings is 6. The van der Waals surface area contributed by atoms with Gasteiger partial charge >= 0.3 is 0 Å². The highest BCUT2D eigenvalue weighted by molar-refractivity contribution is 7.25. The molecule has 3 aromatic heterocycles. The van der Waals surface area contributed by atoms with Gasteiger partial charge in [0.1, 0.15) is 11.2 Å². The van der Waals surface area contributed by atoms with Crippen LogP contribution in [0, 0.1) is 0 Å². The lowest BCUT2D eigenvalue weighted by molar-refractivity contribution is 0.669. The zero-order valence-corrected chi connectivity index (χ0v) is 28.1. The molecule has 0 amide bonds. The SMILES string of the molecule is C1=CC2c3ccccc3N(c3ccccc3-c3nc(-c4cccc5c4oc4ccccc45)nc(-c4cccc5sc6ccccc6c45)n3)C2C=C1. The zero-order valence-electron chi connectivity index (χ0n) is 27.3. The van der Waals surface area contributed by atoms with Gasteiger partial charge in [-0.2, -0.15) is 0 Å². The second-order valence-electron chi connectivity index (χ2n) is 13.1. The van der Waals surface area contributed by atoms with E-state index < -0.39 is 0 Å². The molecule has 240 valence electrons. The van der Waals surface area contributed by atoms with Gasteiger partial charge in [-0.1, -0.05) is 115 Å². The van der Waals surface area contributed by atoms with E-state index in [0.717, 1.165) is 49.7 Å². The lowest BCUT2D eigenvalue weighted by Crippen LogP contribution is -2.29. The van der Waals surface area contributed by atoms with Gasteiger partial charge < -0.3 is 9.32 Å². The van der Waals surface area contributed by atoms with Gasteiger partial charge in [-0.25, -0.2) is 15.0 Å². The number of nitrogens with zero attached hydrogens (tertiary/aromatic N) is 4. The van der Waals surface area contributed by atoms with Crippen LogP contribution in [-0.2, 0) is 0 Å². The summed E-state index contributed by atoms with van der Waals surface area (Å²) in [6.45, 7) is 0. The molecular weight excluding hydrogens is 645 g/mol. The van der Waals surface area contributed by atoms with Crippen molar-refractivity contribution < 1.29 is 4.42 Å². The summed E-state index contributed by atoms with van der Waals surface area (Å²) in [4.78, 5) is 18.4. The van der Waals surface area contributed by atoms with Crippen LogP contribution in [-0.4, -0.2) is 21.0 Å². The molecule has 5 nitrogen and oxygen atoms in total. The van der Waals surface area contributed by atoms with Crippen molar-refractivity contribution in [2.45, 2.75) is 12.0 Å². The summed E-state index contributed by atoms with van der Waals surface area (Å²) >= 11 is 1.79. The van der Waals surface area contributed by atoms with Gasteiger partial charge in [-0.3, -0.25) is 0 Å². The van der Waals surface area contributed by atoms with E-state index in [2.05, 4.69) is 144 Å². The van der Waals surface area contributed by atoms with E-state index in [4.69, 9.17) is 19.4 Å². The zero-order chi connectivity index (χ0) is 33.5. The third-order valence-electron chi connectivity index (χ3n) is 10.3. The summed E-state index contributed by atoms with van der Waals surface area (Å²) in [6.07, 6.45) is 8.92. The van der Waals surface area contributed by atoms with E-state index in [-0.39, 0.29) is 12.0 Å². The predicted octanol–water partition coefficient (Wildman–Crippen LogP) is 11.9. The number of fused-ring (bicyclic) bond motifs is 9. The van der Waals surface area contributed by atoms with Crippen molar-refractivity contribution >= 4 is 64.8 Å². The average Bonchev–Trinajstić information content (AvgIpc) is 3.87. The van der Waals surface area contributed by atoms with Crippen molar-refractivity contribution in [1.29, 1.82) is 0 Å². The third-order valence-corrected chi connectivity index (χ3v) is 11.4. The van der Waals surface area contributed by atoms with E-state index in [1.54, 1.807) is 11.3 Å². The highest BCUT2D eigenvalue weighted by atomic mass is 32.1. The van der Waals surface area contributed by atoms with Crippen LogP contribution in [0.15, 0.2) is 162 Å². The number of para-hydroxylation sites is 4. The van der Waals surface area contributed by atoms with E-state index in [0.29, 0.717) is 17.5 Å². The summed E-state index contributed by atoms with van der Waals surface area (Å²) in [7, 11) is 0. The first-order chi connectivity index (χ1) is 25.3. The van der Waals surface area contributed by atoms with Crippen LogP contribution in [0.1, 0.15) is 11.5 Å². The molecule has 1 aliphatic heterocycles. The van der Waals surface area contributed by atoms with E-state index in [1.165, 1.54) is 26.0 Å². The summed E-state index contributed by atoms with van der Waals surface area (Å²) < 4.78 is 8.97. The lowest BCUT2D eigenvalue weighted by Gasteiger charge is -2.30. The molecule has 4 heterocycles. The molecule has 2 atom stereocenters. The average molecular weight is 673 g/mol. The molecule has 9 aromatic rings. The number of hydrogen-bond acceptors (Lipinski definition) is 6. The van der Waals surface area contributed by atoms with Gasteiger partial charge in [0.2, 0.25) is 0 Å². The Kier molecular flexibility index (Phi) is 6.18. The Hall–Kier alpha value is -6.37. The summed E-state index contributed by atoms with van der Waals surface area (Å²) in [5, 5.41) is 4.47. The van der Waals surface area contributed by atoms with Crippen LogP contribution < -0.4 is 4.90 Å². The number of thiophene rings is 1. The van der Waals surface area contributed by atoms with Gasteiger partial charge in [0.05, 0.1) is 17.3 Å². The molecule has 6 aromatic carbocycles. The van der Waals surface area contributed by atoms with Crippen LogP contribution in [0.4, 0.5) is 11.4 Å². The van der Waals surface area contributed by atoms with Crippen molar-refractivity contribution in [3.8, 4) is 34.2 Å². The Morgan fingerprint density at radius 2 is 1.14 bits per heavy atom. The number of aromatic nitrogens is 3. The normalized spacial score (nSPS) is 16.4. The molecule has 51 heavy (non-hydrogen) atoms. The standard InChI is InChI=1S/C45H28N4OS/c1-6-21-35-27(13-1)28-14-2-7-22-36(28)49(35)37-23-8-3-16-31(37)43-46-44(33-19-12-26-40-41(33)32-17-5-10-25-39(32)51-40)48-45(47-43)34-20-11-18-30-29-15-4-9-24-38(29)50-42(30)34/h1-27,35H. The molecule has 0 spiro atoms. The molecule has 0 fully saturated rings. The van der Waals surface area contributed by atoms with Gasteiger partial charge in [0.25, 0.3) is 0 Å². The number of hydrogen-bond donors (Lipinski definition) is 0. The topological polar surface area (TPSA) is 55.1 Å². The Morgan fingerprint density at radius 1 is 0.510 bits per heavy atom. The largest absolute Gasteiger partial charge is 0.455 e. The van der Waals surface area contributed by atoms with Crippen molar-refractivity contribution in [2.75, 3.05) is 4.90 Å². The van der Waals surface area contributed by atoms with Crippen LogP contribution in [0.25, 0.3) is 76.3 Å². The minimum absolute atomic E-state index is 0.143. The third kappa shape index (κ3) is 4.30. The monoisotopic (exact) mass is 672 g/mol. The molecule has 11 rings (SSSR count). The number of anilines is 2. The highest BCUT2D eigenvalue weighted by Crippen LogP contribution is 2.50. The Morgan fingerprint density at radius 3 is 2.06 bits per heavy atom. The molecule has 2 aliphatic rings. The minimum atomic E-state index is 0.143. The predicted molar refractivity (Wildman–Crippen MR) is 210 cm³/mol. The fraction of sp³-hybridized carbons (Fsp3) is 0.0444. The summed E-state index contributed by atoms with van der Waals surface area (Å²) in [5.74, 6) is 2.09. The van der Waals surface area contributed by atoms with Gasteiger partial charge in [-0.15, -0.1) is 11.3 Å². The van der Waals surface area contributed by atoms with Crippen LogP contribution in [0.2, 0.25) is 0 Å². The fourth-order valence-corrected chi connectivity index (χ4v) is 9.20. The Balaban J connectivity index is 1.19. The first kappa shape index (κ1) is 28.5. The molecule has 0 saturated carbocycles. The fourth-order valence-electron chi connectivity index (χ4n) is 8.06. The number of rotatable bonds is 4. The quantitative estimate of drug-likeness (QED) is 0.186. The Bertz CT molecular complexity index is 2920. The molecule has 0 radical (unpaired) electrons. The van der Waals surface area contributed by atoms with Gasteiger partial charge in [-0.05, 0) is 48.0 Å². The first-order valence-electron chi connectivity index (χ1n) is 17.2. The molecule has 0 N–H and O–H groups in total. The molecule has 1 aliphatic carbocycles. The molecule has 6 heteroatoms. The Labute approximate surface area is 297 Å². The van der Waals surface area contributed by atoms with Crippen LogP contribution in [0.5, 0.6) is 0 Å². The van der Waals surface area contributed by atoms with Crippen molar-refractivity contribution in [1.82, 2.24) is 15.0 Å². The minimum Gasteiger partial charge on any atom is -0.455 e. The highest BCUT2D eigenvalue weighted by Gasteiger charge is 2.38. The second-order valence-corrected chi connectivity index (χ2v) is 14.2. The van der Waals surface area contributed by atoms with E-state index in [1.807, 2.05) is 18.2 Å². The number of furan rings is 1. The maximum atomic E-state index is 6.53. The van der Waals surface area contributed by atoms with Crippen LogP contribution >= 0.6 is 11.3 Å². The maximum absolute atomic E-state index is 6.53. The van der Waals surface area contributed by atoms with Gasteiger partial charge in [0, 0.05) is 53.7 Å². The second kappa shape index (κ2) is 11.1. The molecule has 0 bridgehead atoms. The first-order valence-corrected chi connectivity index (χ1v) is 18.0. The molecule has 2 unspecified atom stereocenters. The molecule has 0 saturated heterocycles. The smallest absolute Gasteiger partial charge is 0.167 e. The maximum Gasteiger partial charge on any atom is 0.167 e.